The van der Waals surface area contributed by atoms with E-state index in [1.165, 1.54) is 12.1 Å². The van der Waals surface area contributed by atoms with Crippen LogP contribution in [0.25, 0.3) is 11.1 Å². The quantitative estimate of drug-likeness (QED) is 0.874. The lowest BCUT2D eigenvalue weighted by molar-refractivity contribution is -0.00215. The number of primary amides is 1. The molecule has 1 aromatic heterocycles. The molecular weight excluding hydrogens is 328 g/mol. The second kappa shape index (κ2) is 6.10. The number of amides is 1. The molecule has 126 valence electrons. The number of ether oxygens (including phenoxy) is 1. The number of hydrogen-bond acceptors (Lipinski definition) is 3. The molecule has 4 nitrogen and oxygen atoms in total. The number of hydrogen-bond donors (Lipinski definition) is 1. The number of alkyl halides is 2. The van der Waals surface area contributed by atoms with Gasteiger partial charge >= 0.3 is 0 Å². The molecule has 2 heterocycles. The van der Waals surface area contributed by atoms with Gasteiger partial charge in [-0.15, -0.1) is 0 Å². The monoisotopic (exact) mass is 340 g/mol. The van der Waals surface area contributed by atoms with Gasteiger partial charge in [0.25, 0.3) is 12.3 Å². The summed E-state index contributed by atoms with van der Waals surface area (Å²) in [4.78, 5) is 15.3. The zero-order valence-corrected chi connectivity index (χ0v) is 12.2. The fraction of sp³-hybridized carbons (Fsp3) is 0.250. The first-order chi connectivity index (χ1) is 11.4. The van der Waals surface area contributed by atoms with Crippen LogP contribution in [0.4, 0.5) is 17.6 Å². The SMILES string of the molecule is NC(=O)c1cc(-c2ccc(F)cc2F)c2c(n1)O[C@H](C(F)F)CC2. The number of pyridine rings is 1. The van der Waals surface area contributed by atoms with Crippen LogP contribution in [0.3, 0.4) is 0 Å². The molecule has 0 bridgehead atoms. The first kappa shape index (κ1) is 16.2. The second-order valence-electron chi connectivity index (χ2n) is 5.36. The Morgan fingerprint density at radius 3 is 2.62 bits per heavy atom. The Hall–Kier alpha value is -2.64. The van der Waals surface area contributed by atoms with Gasteiger partial charge in [0, 0.05) is 17.2 Å². The standard InChI is InChI=1S/C16H12F4N2O2/c17-7-1-2-8(11(18)5-7)10-6-12(15(21)23)22-16-9(10)3-4-13(24-16)14(19)20/h1-2,5-6,13-14H,3-4H2,(H2,21,23)/t13-/m0/s1. The lowest BCUT2D eigenvalue weighted by Crippen LogP contribution is -2.31. The Morgan fingerprint density at radius 1 is 1.25 bits per heavy atom. The number of carbonyl (C=O) groups excluding carboxylic acids is 1. The predicted molar refractivity (Wildman–Crippen MR) is 76.8 cm³/mol. The van der Waals surface area contributed by atoms with Gasteiger partial charge in [-0.3, -0.25) is 4.79 Å². The fourth-order valence-electron chi connectivity index (χ4n) is 2.63. The van der Waals surface area contributed by atoms with Crippen molar-refractivity contribution < 1.29 is 27.1 Å². The lowest BCUT2D eigenvalue weighted by Gasteiger charge is -2.26. The Balaban J connectivity index is 2.17. The summed E-state index contributed by atoms with van der Waals surface area (Å²) in [5, 5.41) is 0. The van der Waals surface area contributed by atoms with Crippen LogP contribution >= 0.6 is 0 Å². The third-order valence-corrected chi connectivity index (χ3v) is 3.78. The van der Waals surface area contributed by atoms with E-state index in [1.54, 1.807) is 0 Å². The summed E-state index contributed by atoms with van der Waals surface area (Å²) >= 11 is 0. The van der Waals surface area contributed by atoms with Crippen molar-refractivity contribution in [1.29, 1.82) is 0 Å². The molecule has 1 aromatic carbocycles. The number of nitrogens with zero attached hydrogens (tertiary/aromatic N) is 1. The molecule has 0 aliphatic carbocycles. The molecule has 0 unspecified atom stereocenters. The number of carbonyl (C=O) groups is 1. The lowest BCUT2D eigenvalue weighted by atomic mass is 9.94. The summed E-state index contributed by atoms with van der Waals surface area (Å²) in [6.07, 6.45) is -3.91. The first-order valence-corrected chi connectivity index (χ1v) is 7.10. The molecule has 3 rings (SSSR count). The number of halogens is 4. The van der Waals surface area contributed by atoms with Crippen LogP contribution in [0.15, 0.2) is 24.3 Å². The largest absolute Gasteiger partial charge is 0.468 e. The van der Waals surface area contributed by atoms with E-state index in [1.807, 2.05) is 0 Å². The summed E-state index contributed by atoms with van der Waals surface area (Å²) in [6, 6.07) is 4.20. The molecule has 1 aliphatic rings. The molecule has 0 radical (unpaired) electrons. The highest BCUT2D eigenvalue weighted by Gasteiger charge is 2.31. The van der Waals surface area contributed by atoms with E-state index in [-0.39, 0.29) is 35.5 Å². The summed E-state index contributed by atoms with van der Waals surface area (Å²) in [5.41, 5.74) is 5.55. The molecule has 0 spiro atoms. The third kappa shape index (κ3) is 2.91. The van der Waals surface area contributed by atoms with Gasteiger partial charge in [0.1, 0.15) is 17.3 Å². The minimum Gasteiger partial charge on any atom is -0.468 e. The van der Waals surface area contributed by atoms with E-state index >= 15 is 0 Å². The maximum atomic E-state index is 14.1. The molecule has 24 heavy (non-hydrogen) atoms. The predicted octanol–water partition coefficient (Wildman–Crippen LogP) is 3.08. The maximum Gasteiger partial charge on any atom is 0.274 e. The smallest absolute Gasteiger partial charge is 0.274 e. The van der Waals surface area contributed by atoms with Gasteiger partial charge in [-0.05, 0) is 36.6 Å². The van der Waals surface area contributed by atoms with Crippen molar-refractivity contribution in [2.45, 2.75) is 25.4 Å². The highest BCUT2D eigenvalue weighted by molar-refractivity contribution is 5.93. The van der Waals surface area contributed by atoms with Gasteiger partial charge < -0.3 is 10.5 Å². The van der Waals surface area contributed by atoms with Crippen LogP contribution in [0, 0.1) is 11.6 Å². The summed E-state index contributed by atoms with van der Waals surface area (Å²) in [5.74, 6) is -2.70. The first-order valence-electron chi connectivity index (χ1n) is 7.10. The van der Waals surface area contributed by atoms with Crippen LogP contribution in [0.5, 0.6) is 5.88 Å². The van der Waals surface area contributed by atoms with Crippen LogP contribution in [0.1, 0.15) is 22.5 Å². The van der Waals surface area contributed by atoms with Gasteiger partial charge in [-0.25, -0.2) is 22.5 Å². The molecular formula is C16H12F4N2O2. The highest BCUT2D eigenvalue weighted by atomic mass is 19.3. The molecule has 0 fully saturated rings. The summed E-state index contributed by atoms with van der Waals surface area (Å²) < 4.78 is 58.1. The van der Waals surface area contributed by atoms with Crippen molar-refractivity contribution in [1.82, 2.24) is 4.98 Å². The zero-order valence-electron chi connectivity index (χ0n) is 12.2. The maximum absolute atomic E-state index is 14.1. The average molecular weight is 340 g/mol. The summed E-state index contributed by atoms with van der Waals surface area (Å²) in [7, 11) is 0. The van der Waals surface area contributed by atoms with E-state index in [0.717, 1.165) is 6.07 Å². The van der Waals surface area contributed by atoms with E-state index < -0.39 is 30.1 Å². The van der Waals surface area contributed by atoms with Crippen molar-refractivity contribution >= 4 is 5.91 Å². The van der Waals surface area contributed by atoms with Crippen molar-refractivity contribution in [3.8, 4) is 17.0 Å². The molecule has 1 amide bonds. The molecule has 0 saturated heterocycles. The number of aromatic nitrogens is 1. The molecule has 1 aliphatic heterocycles. The van der Waals surface area contributed by atoms with E-state index in [4.69, 9.17) is 10.5 Å². The van der Waals surface area contributed by atoms with E-state index in [9.17, 15) is 22.4 Å². The number of benzene rings is 1. The summed E-state index contributed by atoms with van der Waals surface area (Å²) in [6.45, 7) is 0. The van der Waals surface area contributed by atoms with Gasteiger partial charge in [-0.2, -0.15) is 0 Å². The van der Waals surface area contributed by atoms with Crippen molar-refractivity contribution in [3.05, 3.63) is 47.2 Å². The van der Waals surface area contributed by atoms with Crippen LogP contribution in [-0.4, -0.2) is 23.4 Å². The minimum absolute atomic E-state index is 0.0108. The molecule has 8 heteroatoms. The third-order valence-electron chi connectivity index (χ3n) is 3.78. The van der Waals surface area contributed by atoms with Crippen LogP contribution < -0.4 is 10.5 Å². The normalized spacial score (nSPS) is 16.6. The molecule has 1 atom stereocenters. The topological polar surface area (TPSA) is 65.2 Å². The Labute approximate surface area is 134 Å². The Kier molecular flexibility index (Phi) is 4.13. The Bertz CT molecular complexity index is 811. The number of nitrogens with two attached hydrogens (primary N) is 1. The van der Waals surface area contributed by atoms with Gasteiger partial charge in [0.15, 0.2) is 6.10 Å². The molecule has 2 N–H and O–H groups in total. The zero-order chi connectivity index (χ0) is 17.4. The minimum atomic E-state index is -2.72. The molecule has 0 saturated carbocycles. The van der Waals surface area contributed by atoms with Crippen molar-refractivity contribution in [3.63, 3.8) is 0 Å². The Morgan fingerprint density at radius 2 is 2.00 bits per heavy atom. The highest BCUT2D eigenvalue weighted by Crippen LogP contribution is 2.37. The second-order valence-corrected chi connectivity index (χ2v) is 5.36. The van der Waals surface area contributed by atoms with Gasteiger partial charge in [-0.1, -0.05) is 0 Å². The van der Waals surface area contributed by atoms with Gasteiger partial charge in [0.2, 0.25) is 5.88 Å². The van der Waals surface area contributed by atoms with E-state index in [2.05, 4.69) is 4.98 Å². The van der Waals surface area contributed by atoms with Crippen LogP contribution in [-0.2, 0) is 6.42 Å². The number of rotatable bonds is 3. The fourth-order valence-corrected chi connectivity index (χ4v) is 2.63. The molecule has 2 aromatic rings. The van der Waals surface area contributed by atoms with Crippen molar-refractivity contribution in [2.75, 3.05) is 0 Å². The van der Waals surface area contributed by atoms with Crippen molar-refractivity contribution in [2.24, 2.45) is 5.73 Å². The average Bonchev–Trinajstić information content (AvgIpc) is 2.53. The van der Waals surface area contributed by atoms with Crippen LogP contribution in [0.2, 0.25) is 0 Å². The van der Waals surface area contributed by atoms with Gasteiger partial charge in [0.05, 0.1) is 0 Å². The number of fused-ring (bicyclic) bond motifs is 1. The van der Waals surface area contributed by atoms with E-state index in [0.29, 0.717) is 11.6 Å².